The number of hydrogen-bond donors (Lipinski definition) is 1. The maximum Gasteiger partial charge on any atom is 0.265 e. The summed E-state index contributed by atoms with van der Waals surface area (Å²) in [5.41, 5.74) is 2.86. The van der Waals surface area contributed by atoms with E-state index in [2.05, 4.69) is 5.32 Å². The van der Waals surface area contributed by atoms with E-state index in [1.165, 1.54) is 12.7 Å². The Morgan fingerprint density at radius 1 is 1.09 bits per heavy atom. The number of methoxy groups -OCH3 is 1. The number of para-hydroxylation sites is 1. The molecular formula is C26H26N2O5. The topological polar surface area (TPSA) is 77.1 Å². The summed E-state index contributed by atoms with van der Waals surface area (Å²) in [6.07, 6.45) is 0.672. The molecule has 0 spiro atoms. The van der Waals surface area contributed by atoms with Crippen molar-refractivity contribution in [3.8, 4) is 17.2 Å². The second-order valence-electron chi connectivity index (χ2n) is 7.69. The Morgan fingerprint density at radius 3 is 2.67 bits per heavy atom. The zero-order valence-electron chi connectivity index (χ0n) is 18.7. The predicted molar refractivity (Wildman–Crippen MR) is 127 cm³/mol. The van der Waals surface area contributed by atoms with E-state index in [1.807, 2.05) is 31.2 Å². The number of carbonyl (C=O) groups excluding carboxylic acids is 2. The number of carbonyl (C=O) groups is 2. The predicted octanol–water partition coefficient (Wildman–Crippen LogP) is 4.45. The van der Waals surface area contributed by atoms with E-state index in [9.17, 15) is 9.59 Å². The van der Waals surface area contributed by atoms with E-state index in [1.54, 1.807) is 47.4 Å². The van der Waals surface area contributed by atoms with Crippen molar-refractivity contribution in [3.05, 3.63) is 77.9 Å². The first kappa shape index (κ1) is 22.2. The molecule has 7 heteroatoms. The van der Waals surface area contributed by atoms with Gasteiger partial charge in [-0.1, -0.05) is 29.8 Å². The van der Waals surface area contributed by atoms with Crippen LogP contribution >= 0.6 is 0 Å². The van der Waals surface area contributed by atoms with Crippen molar-refractivity contribution in [2.24, 2.45) is 0 Å². The Balaban J connectivity index is 1.40. The van der Waals surface area contributed by atoms with Gasteiger partial charge in [0.05, 0.1) is 25.0 Å². The van der Waals surface area contributed by atoms with Gasteiger partial charge in [-0.2, -0.15) is 0 Å². The zero-order chi connectivity index (χ0) is 23.2. The van der Waals surface area contributed by atoms with Gasteiger partial charge in [0.15, 0.2) is 6.61 Å². The highest BCUT2D eigenvalue weighted by atomic mass is 16.5. The Bertz CT molecular complexity index is 1140. The quantitative estimate of drug-likeness (QED) is 0.518. The van der Waals surface area contributed by atoms with Crippen molar-refractivity contribution in [2.75, 3.05) is 37.1 Å². The van der Waals surface area contributed by atoms with Crippen molar-refractivity contribution in [3.63, 3.8) is 0 Å². The summed E-state index contributed by atoms with van der Waals surface area (Å²) in [5.74, 6) is 1.46. The van der Waals surface area contributed by atoms with Crippen LogP contribution in [0.25, 0.3) is 0 Å². The number of amides is 2. The molecule has 1 heterocycles. The molecule has 2 amide bonds. The van der Waals surface area contributed by atoms with Crippen molar-refractivity contribution in [1.29, 1.82) is 0 Å². The van der Waals surface area contributed by atoms with Gasteiger partial charge in [-0.05, 0) is 49.7 Å². The molecule has 4 rings (SSSR count). The van der Waals surface area contributed by atoms with Crippen LogP contribution in [0, 0.1) is 6.92 Å². The molecule has 1 aliphatic heterocycles. The fraction of sp³-hybridized carbons (Fsp3) is 0.231. The second kappa shape index (κ2) is 10.1. The highest BCUT2D eigenvalue weighted by Crippen LogP contribution is 2.35. The van der Waals surface area contributed by atoms with Crippen LogP contribution in [0.1, 0.15) is 22.3 Å². The van der Waals surface area contributed by atoms with Crippen LogP contribution in [0.4, 0.5) is 11.4 Å². The molecule has 0 bridgehead atoms. The van der Waals surface area contributed by atoms with Gasteiger partial charge in [0.1, 0.15) is 17.2 Å². The average molecular weight is 447 g/mol. The summed E-state index contributed by atoms with van der Waals surface area (Å²) < 4.78 is 16.7. The van der Waals surface area contributed by atoms with Crippen LogP contribution in [0.15, 0.2) is 66.7 Å². The summed E-state index contributed by atoms with van der Waals surface area (Å²) in [6, 6.07) is 20.2. The number of fused-ring (bicyclic) bond motifs is 1. The van der Waals surface area contributed by atoms with Crippen LogP contribution in [0.2, 0.25) is 0 Å². The van der Waals surface area contributed by atoms with E-state index in [-0.39, 0.29) is 18.4 Å². The van der Waals surface area contributed by atoms with Crippen molar-refractivity contribution in [2.45, 2.75) is 13.3 Å². The maximum absolute atomic E-state index is 12.7. The minimum Gasteiger partial charge on any atom is -0.496 e. The normalized spacial score (nSPS) is 12.5. The van der Waals surface area contributed by atoms with Crippen molar-refractivity contribution >= 4 is 23.2 Å². The monoisotopic (exact) mass is 446 g/mol. The standard InChI is InChI=1S/C26H26N2O5/c1-18-8-11-20(12-9-18)32-15-5-14-28-22-13-10-19(16-24(22)33-17-25(28)29)27-26(30)21-6-3-4-7-23(21)31-2/h3-4,6-13,16H,5,14-15,17H2,1-2H3,(H,27,30). The lowest BCUT2D eigenvalue weighted by molar-refractivity contribution is -0.121. The molecule has 0 fully saturated rings. The number of aryl methyl sites for hydroxylation is 1. The van der Waals surface area contributed by atoms with E-state index >= 15 is 0 Å². The van der Waals surface area contributed by atoms with Gasteiger partial charge in [-0.3, -0.25) is 9.59 Å². The van der Waals surface area contributed by atoms with Gasteiger partial charge in [0, 0.05) is 18.3 Å². The number of anilines is 2. The number of benzene rings is 3. The van der Waals surface area contributed by atoms with Crippen LogP contribution < -0.4 is 24.4 Å². The molecule has 3 aromatic carbocycles. The Kier molecular flexibility index (Phi) is 6.78. The van der Waals surface area contributed by atoms with Gasteiger partial charge in [0.25, 0.3) is 11.8 Å². The van der Waals surface area contributed by atoms with Gasteiger partial charge >= 0.3 is 0 Å². The number of rotatable bonds is 8. The molecule has 0 saturated carbocycles. The number of hydrogen-bond acceptors (Lipinski definition) is 5. The largest absolute Gasteiger partial charge is 0.496 e. The molecule has 7 nitrogen and oxygen atoms in total. The van der Waals surface area contributed by atoms with Gasteiger partial charge < -0.3 is 24.4 Å². The average Bonchev–Trinajstić information content (AvgIpc) is 2.84. The molecule has 170 valence electrons. The number of nitrogens with zero attached hydrogens (tertiary/aromatic N) is 1. The fourth-order valence-corrected chi connectivity index (χ4v) is 3.61. The first-order valence-electron chi connectivity index (χ1n) is 10.8. The molecule has 0 radical (unpaired) electrons. The minimum atomic E-state index is -0.288. The molecular weight excluding hydrogens is 420 g/mol. The number of nitrogens with one attached hydrogen (secondary N) is 1. The SMILES string of the molecule is COc1ccccc1C(=O)Nc1ccc2c(c1)OCC(=O)N2CCCOc1ccc(C)cc1. The highest BCUT2D eigenvalue weighted by Gasteiger charge is 2.25. The molecule has 0 unspecified atom stereocenters. The Hall–Kier alpha value is -4.00. The second-order valence-corrected chi connectivity index (χ2v) is 7.69. The lowest BCUT2D eigenvalue weighted by Crippen LogP contribution is -2.39. The third-order valence-electron chi connectivity index (χ3n) is 5.33. The van der Waals surface area contributed by atoms with E-state index in [0.29, 0.717) is 48.0 Å². The molecule has 0 aliphatic carbocycles. The summed E-state index contributed by atoms with van der Waals surface area (Å²) in [6.45, 7) is 2.99. The molecule has 1 N–H and O–H groups in total. The first-order chi connectivity index (χ1) is 16.0. The van der Waals surface area contributed by atoms with Gasteiger partial charge in [-0.25, -0.2) is 0 Å². The van der Waals surface area contributed by atoms with E-state index in [0.717, 1.165) is 5.75 Å². The smallest absolute Gasteiger partial charge is 0.265 e. The highest BCUT2D eigenvalue weighted by molar-refractivity contribution is 6.06. The summed E-state index contributed by atoms with van der Waals surface area (Å²) in [4.78, 5) is 26.8. The molecule has 0 atom stereocenters. The van der Waals surface area contributed by atoms with Crippen molar-refractivity contribution in [1.82, 2.24) is 0 Å². The van der Waals surface area contributed by atoms with Crippen molar-refractivity contribution < 1.29 is 23.8 Å². The lowest BCUT2D eigenvalue weighted by Gasteiger charge is -2.29. The van der Waals surface area contributed by atoms with E-state index in [4.69, 9.17) is 14.2 Å². The summed E-state index contributed by atoms with van der Waals surface area (Å²) in [5, 5.41) is 2.86. The summed E-state index contributed by atoms with van der Waals surface area (Å²) in [7, 11) is 1.52. The number of ether oxygens (including phenoxy) is 3. The molecule has 0 aromatic heterocycles. The van der Waals surface area contributed by atoms with Gasteiger partial charge in [-0.15, -0.1) is 0 Å². The van der Waals surface area contributed by atoms with Crippen LogP contribution in [-0.2, 0) is 4.79 Å². The third kappa shape index (κ3) is 5.26. The lowest BCUT2D eigenvalue weighted by atomic mass is 10.1. The molecule has 33 heavy (non-hydrogen) atoms. The van der Waals surface area contributed by atoms with Gasteiger partial charge in [0.2, 0.25) is 0 Å². The maximum atomic E-state index is 12.7. The molecule has 0 saturated heterocycles. The van der Waals surface area contributed by atoms with E-state index < -0.39 is 0 Å². The molecule has 1 aliphatic rings. The molecule has 3 aromatic rings. The first-order valence-corrected chi connectivity index (χ1v) is 10.8. The van der Waals surface area contributed by atoms with Crippen LogP contribution in [0.3, 0.4) is 0 Å². The Morgan fingerprint density at radius 2 is 1.88 bits per heavy atom. The Labute approximate surface area is 192 Å². The summed E-state index contributed by atoms with van der Waals surface area (Å²) >= 11 is 0. The zero-order valence-corrected chi connectivity index (χ0v) is 18.7. The third-order valence-corrected chi connectivity index (χ3v) is 5.33. The van der Waals surface area contributed by atoms with Crippen LogP contribution in [-0.4, -0.2) is 38.7 Å². The minimum absolute atomic E-state index is 0.0459. The van der Waals surface area contributed by atoms with Crippen LogP contribution in [0.5, 0.6) is 17.2 Å². The fourth-order valence-electron chi connectivity index (χ4n) is 3.61.